The van der Waals surface area contributed by atoms with E-state index in [1.165, 1.54) is 11.3 Å². The molecule has 7 heteroatoms. The van der Waals surface area contributed by atoms with Crippen molar-refractivity contribution in [2.45, 2.75) is 39.2 Å². The summed E-state index contributed by atoms with van der Waals surface area (Å²) >= 11 is 1.30. The molecule has 1 fully saturated rings. The summed E-state index contributed by atoms with van der Waals surface area (Å²) in [4.78, 5) is 31.6. The monoisotopic (exact) mass is 373 g/mol. The fourth-order valence-electron chi connectivity index (χ4n) is 2.89. The molecule has 6 nitrogen and oxygen atoms in total. The number of carbonyl (C=O) groups excluding carboxylic acids is 2. The van der Waals surface area contributed by atoms with Crippen molar-refractivity contribution in [1.29, 1.82) is 0 Å². The van der Waals surface area contributed by atoms with Crippen LogP contribution in [0.3, 0.4) is 0 Å². The Balaban J connectivity index is 1.77. The molecule has 0 aliphatic carbocycles. The first kappa shape index (κ1) is 18.4. The maximum Gasteiger partial charge on any atom is 0.263 e. The summed E-state index contributed by atoms with van der Waals surface area (Å²) < 4.78 is 5.21. The number of benzene rings is 1. The van der Waals surface area contributed by atoms with Crippen LogP contribution in [0.5, 0.6) is 5.75 Å². The number of ether oxygens (including phenoxy) is 1. The lowest BCUT2D eigenvalue weighted by Gasteiger charge is -2.10. The van der Waals surface area contributed by atoms with Gasteiger partial charge in [0.05, 0.1) is 12.8 Å². The fraction of sp³-hybridized carbons (Fsp3) is 0.421. The SMILES string of the molecule is COc1cccc(CNC(=O)c2sc(N3CCCC3=O)nc2C(C)C)c1. The van der Waals surface area contributed by atoms with Crippen LogP contribution in [-0.2, 0) is 11.3 Å². The average molecular weight is 373 g/mol. The van der Waals surface area contributed by atoms with E-state index < -0.39 is 0 Å². The first-order valence-electron chi connectivity index (χ1n) is 8.71. The minimum Gasteiger partial charge on any atom is -0.497 e. The van der Waals surface area contributed by atoms with Gasteiger partial charge in [-0.05, 0) is 30.0 Å². The van der Waals surface area contributed by atoms with E-state index in [-0.39, 0.29) is 17.7 Å². The first-order valence-corrected chi connectivity index (χ1v) is 9.53. The lowest BCUT2D eigenvalue weighted by Crippen LogP contribution is -2.23. The molecule has 0 radical (unpaired) electrons. The van der Waals surface area contributed by atoms with Gasteiger partial charge in [0.15, 0.2) is 5.13 Å². The molecule has 138 valence electrons. The number of hydrogen-bond donors (Lipinski definition) is 1. The Morgan fingerprint density at radius 3 is 2.88 bits per heavy atom. The summed E-state index contributed by atoms with van der Waals surface area (Å²) in [5.74, 6) is 0.784. The highest BCUT2D eigenvalue weighted by molar-refractivity contribution is 7.17. The maximum absolute atomic E-state index is 12.7. The minimum atomic E-state index is -0.160. The van der Waals surface area contributed by atoms with Crippen LogP contribution in [0.25, 0.3) is 0 Å². The van der Waals surface area contributed by atoms with Crippen molar-refractivity contribution in [3.63, 3.8) is 0 Å². The molecule has 2 heterocycles. The minimum absolute atomic E-state index is 0.0809. The Labute approximate surface area is 157 Å². The van der Waals surface area contributed by atoms with E-state index in [4.69, 9.17) is 4.74 Å². The van der Waals surface area contributed by atoms with Crippen LogP contribution >= 0.6 is 11.3 Å². The zero-order chi connectivity index (χ0) is 18.7. The Bertz CT molecular complexity index is 816. The second kappa shape index (κ2) is 7.86. The largest absolute Gasteiger partial charge is 0.497 e. The molecule has 2 aromatic rings. The fourth-order valence-corrected chi connectivity index (χ4v) is 4.07. The molecule has 0 spiro atoms. The first-order chi connectivity index (χ1) is 12.5. The van der Waals surface area contributed by atoms with Gasteiger partial charge in [0.1, 0.15) is 10.6 Å². The number of rotatable bonds is 6. The number of carbonyl (C=O) groups is 2. The van der Waals surface area contributed by atoms with Gasteiger partial charge in [-0.25, -0.2) is 4.98 Å². The van der Waals surface area contributed by atoms with Gasteiger partial charge in [0, 0.05) is 19.5 Å². The standard InChI is InChI=1S/C19H23N3O3S/c1-12(2)16-17(26-19(21-16)22-9-5-8-15(22)23)18(24)20-11-13-6-4-7-14(10-13)25-3/h4,6-7,10,12H,5,8-9,11H2,1-3H3,(H,20,24). The lowest BCUT2D eigenvalue weighted by molar-refractivity contribution is -0.117. The predicted molar refractivity (Wildman–Crippen MR) is 102 cm³/mol. The highest BCUT2D eigenvalue weighted by atomic mass is 32.1. The number of thiazole rings is 1. The lowest BCUT2D eigenvalue weighted by atomic mass is 10.1. The number of methoxy groups -OCH3 is 1. The number of nitrogens with zero attached hydrogens (tertiary/aromatic N) is 2. The Morgan fingerprint density at radius 2 is 2.23 bits per heavy atom. The summed E-state index contributed by atoms with van der Waals surface area (Å²) in [6, 6.07) is 7.59. The second-order valence-corrected chi connectivity index (χ2v) is 7.53. The summed E-state index contributed by atoms with van der Waals surface area (Å²) in [5.41, 5.74) is 1.70. The molecule has 2 amide bonds. The van der Waals surface area contributed by atoms with Gasteiger partial charge in [-0.1, -0.05) is 37.3 Å². The zero-order valence-corrected chi connectivity index (χ0v) is 16.1. The third-order valence-electron chi connectivity index (χ3n) is 4.29. The Kier molecular flexibility index (Phi) is 5.56. The quantitative estimate of drug-likeness (QED) is 0.843. The van der Waals surface area contributed by atoms with E-state index in [9.17, 15) is 9.59 Å². The van der Waals surface area contributed by atoms with E-state index >= 15 is 0 Å². The van der Waals surface area contributed by atoms with Crippen molar-refractivity contribution >= 4 is 28.3 Å². The number of anilines is 1. The van der Waals surface area contributed by atoms with Crippen LogP contribution < -0.4 is 15.0 Å². The van der Waals surface area contributed by atoms with Gasteiger partial charge in [-0.3, -0.25) is 14.5 Å². The molecular weight excluding hydrogens is 350 g/mol. The molecule has 26 heavy (non-hydrogen) atoms. The smallest absolute Gasteiger partial charge is 0.263 e. The van der Waals surface area contributed by atoms with Gasteiger partial charge in [0.25, 0.3) is 5.91 Å². The number of hydrogen-bond acceptors (Lipinski definition) is 5. The Hall–Kier alpha value is -2.41. The second-order valence-electron chi connectivity index (χ2n) is 6.55. The van der Waals surface area contributed by atoms with Gasteiger partial charge in [0.2, 0.25) is 5.91 Å². The summed E-state index contributed by atoms with van der Waals surface area (Å²) in [7, 11) is 1.62. The molecule has 1 aliphatic heterocycles. The summed E-state index contributed by atoms with van der Waals surface area (Å²) in [6.07, 6.45) is 1.39. The molecule has 0 saturated carbocycles. The van der Waals surface area contributed by atoms with Gasteiger partial charge in [-0.15, -0.1) is 0 Å². The van der Waals surface area contributed by atoms with Crippen LogP contribution in [0.1, 0.15) is 53.5 Å². The maximum atomic E-state index is 12.7. The van der Waals surface area contributed by atoms with E-state index in [0.717, 1.165) is 23.4 Å². The molecule has 1 saturated heterocycles. The van der Waals surface area contributed by atoms with Crippen molar-refractivity contribution in [1.82, 2.24) is 10.3 Å². The highest BCUT2D eigenvalue weighted by Gasteiger charge is 2.28. The number of amides is 2. The van der Waals surface area contributed by atoms with Crippen LogP contribution in [0.15, 0.2) is 24.3 Å². The van der Waals surface area contributed by atoms with Gasteiger partial charge >= 0.3 is 0 Å². The van der Waals surface area contributed by atoms with E-state index in [1.54, 1.807) is 12.0 Å². The third-order valence-corrected chi connectivity index (χ3v) is 5.38. The number of aromatic nitrogens is 1. The molecule has 1 aliphatic rings. The van der Waals surface area contributed by atoms with Crippen molar-refractivity contribution in [2.75, 3.05) is 18.6 Å². The molecule has 0 bridgehead atoms. The van der Waals surface area contributed by atoms with Crippen molar-refractivity contribution in [3.8, 4) is 5.75 Å². The normalized spacial score (nSPS) is 14.2. The van der Waals surface area contributed by atoms with Gasteiger partial charge in [-0.2, -0.15) is 0 Å². The average Bonchev–Trinajstić information content (AvgIpc) is 3.26. The zero-order valence-electron chi connectivity index (χ0n) is 15.2. The highest BCUT2D eigenvalue weighted by Crippen LogP contribution is 2.33. The molecule has 0 atom stereocenters. The van der Waals surface area contributed by atoms with Gasteiger partial charge < -0.3 is 10.1 Å². The molecule has 0 unspecified atom stereocenters. The van der Waals surface area contributed by atoms with Crippen LogP contribution in [0, 0.1) is 0 Å². The summed E-state index contributed by atoms with van der Waals surface area (Å²) in [5, 5.41) is 3.58. The third kappa shape index (κ3) is 3.88. The topological polar surface area (TPSA) is 71.5 Å². The van der Waals surface area contributed by atoms with Crippen LogP contribution in [0.2, 0.25) is 0 Å². The van der Waals surface area contributed by atoms with Crippen LogP contribution in [-0.4, -0.2) is 30.5 Å². The van der Waals surface area contributed by atoms with E-state index in [2.05, 4.69) is 10.3 Å². The van der Waals surface area contributed by atoms with E-state index in [1.807, 2.05) is 38.1 Å². The van der Waals surface area contributed by atoms with Crippen molar-refractivity contribution in [3.05, 3.63) is 40.4 Å². The van der Waals surface area contributed by atoms with Crippen molar-refractivity contribution < 1.29 is 14.3 Å². The number of nitrogens with one attached hydrogen (secondary N) is 1. The molecule has 1 aromatic carbocycles. The van der Waals surface area contributed by atoms with Crippen LogP contribution in [0.4, 0.5) is 5.13 Å². The molecule has 1 aromatic heterocycles. The molecular formula is C19H23N3O3S. The molecule has 1 N–H and O–H groups in total. The summed E-state index contributed by atoms with van der Waals surface area (Å²) in [6.45, 7) is 5.09. The predicted octanol–water partition coefficient (Wildman–Crippen LogP) is 3.33. The molecule has 3 rings (SSSR count). The Morgan fingerprint density at radius 1 is 1.42 bits per heavy atom. The van der Waals surface area contributed by atoms with Crippen molar-refractivity contribution in [2.24, 2.45) is 0 Å². The van der Waals surface area contributed by atoms with E-state index in [0.29, 0.717) is 29.5 Å².